The van der Waals surface area contributed by atoms with Gasteiger partial charge in [0.05, 0.1) is 0 Å². The van der Waals surface area contributed by atoms with E-state index < -0.39 is 31.1 Å². The first-order valence-corrected chi connectivity index (χ1v) is 8.21. The Balaban J connectivity index is 1.76. The summed E-state index contributed by atoms with van der Waals surface area (Å²) in [7, 11) is 0. The molecule has 1 heterocycles. The number of nitrogens with one attached hydrogen (secondary N) is 1. The van der Waals surface area contributed by atoms with Crippen molar-refractivity contribution in [3.05, 3.63) is 59.8 Å². The first-order chi connectivity index (χ1) is 13.2. The van der Waals surface area contributed by atoms with Crippen LogP contribution in [-0.4, -0.2) is 46.7 Å². The molecular weight excluding hydrogens is 381 g/mol. The normalized spacial score (nSPS) is 13.5. The Morgan fingerprint density at radius 3 is 2.46 bits per heavy atom. The van der Waals surface area contributed by atoms with Gasteiger partial charge in [0, 0.05) is 24.4 Å². The molecule has 0 bridgehead atoms. The fourth-order valence-electron chi connectivity index (χ4n) is 2.10. The molecule has 0 fully saturated rings. The van der Waals surface area contributed by atoms with Crippen LogP contribution in [0.15, 0.2) is 48.7 Å². The maximum atomic E-state index is 12.1. The number of carbonyl (C=O) groups is 1. The second kappa shape index (κ2) is 9.90. The van der Waals surface area contributed by atoms with Crippen molar-refractivity contribution >= 4 is 6.09 Å². The lowest BCUT2D eigenvalue weighted by Crippen LogP contribution is -2.35. The van der Waals surface area contributed by atoms with E-state index in [0.717, 1.165) is 17.8 Å². The molecule has 152 valence electrons. The summed E-state index contributed by atoms with van der Waals surface area (Å²) in [5.74, 6) is -0.273. The smallest absolute Gasteiger partial charge is 0.422 e. The summed E-state index contributed by atoms with van der Waals surface area (Å²) in [6, 6.07) is 11.4. The molecule has 0 radical (unpaired) electrons. The maximum absolute atomic E-state index is 12.1. The van der Waals surface area contributed by atoms with Gasteiger partial charge in [-0.05, 0) is 11.6 Å². The van der Waals surface area contributed by atoms with Crippen molar-refractivity contribution < 1.29 is 37.7 Å². The van der Waals surface area contributed by atoms with Crippen LogP contribution < -0.4 is 10.1 Å². The number of rotatable bonds is 8. The maximum Gasteiger partial charge on any atom is 0.422 e. The number of alkyl halides is 3. The van der Waals surface area contributed by atoms with Gasteiger partial charge in [-0.25, -0.2) is 9.78 Å². The number of pyridine rings is 1. The van der Waals surface area contributed by atoms with Crippen molar-refractivity contribution in [2.45, 2.75) is 25.0 Å². The zero-order chi connectivity index (χ0) is 20.6. The third kappa shape index (κ3) is 7.41. The van der Waals surface area contributed by atoms with Crippen molar-refractivity contribution in [1.82, 2.24) is 10.3 Å². The predicted molar refractivity (Wildman–Crippen MR) is 91.4 cm³/mol. The number of benzene rings is 1. The molecule has 0 aliphatic carbocycles. The van der Waals surface area contributed by atoms with Crippen LogP contribution in [0.4, 0.5) is 18.0 Å². The summed E-state index contributed by atoms with van der Waals surface area (Å²) in [6.45, 7) is -1.74. The van der Waals surface area contributed by atoms with Gasteiger partial charge >= 0.3 is 12.3 Å². The molecule has 2 atom stereocenters. The van der Waals surface area contributed by atoms with Crippen LogP contribution in [0.5, 0.6) is 5.88 Å². The number of hydrogen-bond donors (Lipinski definition) is 3. The van der Waals surface area contributed by atoms with Crippen LogP contribution in [0, 0.1) is 0 Å². The second-order valence-corrected chi connectivity index (χ2v) is 5.79. The van der Waals surface area contributed by atoms with Crippen LogP contribution in [0.3, 0.4) is 0 Å². The molecule has 0 aliphatic heterocycles. The largest absolute Gasteiger partial charge is 0.468 e. The van der Waals surface area contributed by atoms with Crippen molar-refractivity contribution in [2.75, 3.05) is 13.2 Å². The van der Waals surface area contributed by atoms with Crippen molar-refractivity contribution in [3.8, 4) is 5.88 Å². The number of aromatic nitrogens is 1. The average Bonchev–Trinajstić information content (AvgIpc) is 2.69. The molecule has 1 aromatic carbocycles. The molecule has 1 amide bonds. The number of halogens is 3. The molecule has 1 aromatic heterocycles. The summed E-state index contributed by atoms with van der Waals surface area (Å²) >= 11 is 0. The van der Waals surface area contributed by atoms with E-state index in [2.05, 4.69) is 15.0 Å². The molecule has 10 heteroatoms. The van der Waals surface area contributed by atoms with Gasteiger partial charge in [0.25, 0.3) is 0 Å². The lowest BCUT2D eigenvalue weighted by atomic mass is 10.1. The van der Waals surface area contributed by atoms with E-state index in [-0.39, 0.29) is 24.6 Å². The summed E-state index contributed by atoms with van der Waals surface area (Å²) in [4.78, 5) is 15.3. The van der Waals surface area contributed by atoms with Gasteiger partial charge in [0.1, 0.15) is 18.8 Å². The van der Waals surface area contributed by atoms with Gasteiger partial charge in [0.2, 0.25) is 5.88 Å². The van der Waals surface area contributed by atoms with Gasteiger partial charge in [0.15, 0.2) is 6.61 Å². The molecule has 28 heavy (non-hydrogen) atoms. The molecule has 2 aromatic rings. The van der Waals surface area contributed by atoms with Gasteiger partial charge in [-0.2, -0.15) is 13.2 Å². The van der Waals surface area contributed by atoms with Crippen molar-refractivity contribution in [1.29, 1.82) is 0 Å². The Morgan fingerprint density at radius 1 is 1.14 bits per heavy atom. The number of hydrogen-bond acceptors (Lipinski definition) is 6. The van der Waals surface area contributed by atoms with Crippen LogP contribution in [-0.2, 0) is 11.3 Å². The third-order valence-electron chi connectivity index (χ3n) is 3.52. The number of aliphatic hydroxyl groups excluding tert-OH is 2. The third-order valence-corrected chi connectivity index (χ3v) is 3.52. The summed E-state index contributed by atoms with van der Waals surface area (Å²) in [5.41, 5.74) is 0.934. The van der Waals surface area contributed by atoms with Gasteiger partial charge in [-0.15, -0.1) is 0 Å². The standard InChI is InChI=1S/C18H19F3N2O5/c19-18(20,21)11-28-15-7-6-13(8-22-15)16(25)14(24)9-23-17(26)27-10-12-4-2-1-3-5-12/h1-8,14,16,24-25H,9-11H2,(H,23,26). The van der Waals surface area contributed by atoms with Crippen LogP contribution in [0.2, 0.25) is 0 Å². The van der Waals surface area contributed by atoms with Crippen LogP contribution in [0.25, 0.3) is 0 Å². The van der Waals surface area contributed by atoms with E-state index in [9.17, 15) is 28.2 Å². The highest BCUT2D eigenvalue weighted by Gasteiger charge is 2.28. The first kappa shape index (κ1) is 21.5. The summed E-state index contributed by atoms with van der Waals surface area (Å²) in [6.07, 6.45) is -6.99. The Bertz CT molecular complexity index is 741. The van der Waals surface area contributed by atoms with Gasteiger partial charge in [-0.3, -0.25) is 0 Å². The topological polar surface area (TPSA) is 101 Å². The van der Waals surface area contributed by atoms with Crippen molar-refractivity contribution in [3.63, 3.8) is 0 Å². The molecule has 7 nitrogen and oxygen atoms in total. The molecule has 0 saturated heterocycles. The fraction of sp³-hybridized carbons (Fsp3) is 0.333. The van der Waals surface area contributed by atoms with E-state index in [1.807, 2.05) is 6.07 Å². The number of ether oxygens (including phenoxy) is 2. The Labute approximate surface area is 158 Å². The van der Waals surface area contributed by atoms with Gasteiger partial charge in [-0.1, -0.05) is 30.3 Å². The Hall–Kier alpha value is -2.85. The summed E-state index contributed by atoms with van der Waals surface area (Å²) in [5, 5.41) is 22.3. The van der Waals surface area contributed by atoms with Crippen molar-refractivity contribution in [2.24, 2.45) is 0 Å². The zero-order valence-electron chi connectivity index (χ0n) is 14.6. The molecule has 3 N–H and O–H groups in total. The summed E-state index contributed by atoms with van der Waals surface area (Å²) < 4.78 is 45.7. The monoisotopic (exact) mass is 400 g/mol. The van der Waals surface area contributed by atoms with Gasteiger partial charge < -0.3 is 25.0 Å². The zero-order valence-corrected chi connectivity index (χ0v) is 14.6. The highest BCUT2D eigenvalue weighted by atomic mass is 19.4. The first-order valence-electron chi connectivity index (χ1n) is 8.21. The highest BCUT2D eigenvalue weighted by Crippen LogP contribution is 2.20. The van der Waals surface area contributed by atoms with E-state index in [1.165, 1.54) is 6.07 Å². The van der Waals surface area contributed by atoms with E-state index >= 15 is 0 Å². The van der Waals surface area contributed by atoms with Crippen LogP contribution >= 0.6 is 0 Å². The SMILES string of the molecule is O=C(NCC(O)C(O)c1ccc(OCC(F)(F)F)nc1)OCc1ccccc1. The van der Waals surface area contributed by atoms with E-state index in [0.29, 0.717) is 0 Å². The lowest BCUT2D eigenvalue weighted by Gasteiger charge is -2.18. The minimum atomic E-state index is -4.49. The number of nitrogens with zero attached hydrogens (tertiary/aromatic N) is 1. The Morgan fingerprint density at radius 2 is 1.86 bits per heavy atom. The molecule has 2 rings (SSSR count). The molecule has 0 spiro atoms. The lowest BCUT2D eigenvalue weighted by molar-refractivity contribution is -0.154. The van der Waals surface area contributed by atoms with E-state index in [4.69, 9.17) is 4.74 Å². The minimum absolute atomic E-state index is 0.0502. The number of carbonyl (C=O) groups excluding carboxylic acids is 1. The molecule has 0 saturated carbocycles. The fourth-order valence-corrected chi connectivity index (χ4v) is 2.10. The number of alkyl carbamates (subject to hydrolysis) is 1. The Kier molecular flexibility index (Phi) is 7.59. The number of aliphatic hydroxyl groups is 2. The number of amides is 1. The molecule has 2 unspecified atom stereocenters. The average molecular weight is 400 g/mol. The molecule has 0 aliphatic rings. The van der Waals surface area contributed by atoms with E-state index in [1.54, 1.807) is 24.3 Å². The predicted octanol–water partition coefficient (Wildman–Crippen LogP) is 2.34. The molecular formula is C18H19F3N2O5. The second-order valence-electron chi connectivity index (χ2n) is 5.79. The highest BCUT2D eigenvalue weighted by molar-refractivity contribution is 5.67. The van der Waals surface area contributed by atoms with Crippen LogP contribution in [0.1, 0.15) is 17.2 Å². The quantitative estimate of drug-likeness (QED) is 0.629. The minimum Gasteiger partial charge on any atom is -0.468 e.